The van der Waals surface area contributed by atoms with Gasteiger partial charge in [-0.25, -0.2) is 9.78 Å². The monoisotopic (exact) mass is 342 g/mol. The molecule has 3 rings (SSSR count). The molecule has 1 heterocycles. The molecule has 7 heteroatoms. The summed E-state index contributed by atoms with van der Waals surface area (Å²) in [5.74, 6) is -0.678. The smallest absolute Gasteiger partial charge is 0.359 e. The van der Waals surface area contributed by atoms with Crippen LogP contribution in [0, 0.1) is 0 Å². The highest BCUT2D eigenvalue weighted by atomic mass is 16.6. The Balaban J connectivity index is 1.76. The van der Waals surface area contributed by atoms with Gasteiger partial charge < -0.3 is 21.2 Å². The predicted molar refractivity (Wildman–Crippen MR) is 92.3 cm³/mol. The number of imidazole rings is 1. The van der Waals surface area contributed by atoms with E-state index in [2.05, 4.69) is 9.97 Å². The van der Waals surface area contributed by atoms with E-state index in [1.165, 1.54) is 6.20 Å². The van der Waals surface area contributed by atoms with E-state index in [4.69, 9.17) is 16.2 Å². The van der Waals surface area contributed by atoms with Crippen LogP contribution in [-0.2, 0) is 16.1 Å². The molecule has 1 aromatic heterocycles. The lowest BCUT2D eigenvalue weighted by atomic mass is 9.84. The lowest BCUT2D eigenvalue weighted by Crippen LogP contribution is -2.49. The molecule has 1 aliphatic carbocycles. The fourth-order valence-corrected chi connectivity index (χ4v) is 3.12. The third-order valence-corrected chi connectivity index (χ3v) is 4.65. The normalized spacial score (nSPS) is 16.4. The molecule has 5 N–H and O–H groups in total. The Kier molecular flexibility index (Phi) is 4.85. The maximum atomic E-state index is 12.4. The second-order valence-corrected chi connectivity index (χ2v) is 6.34. The van der Waals surface area contributed by atoms with Crippen LogP contribution in [0.2, 0.25) is 0 Å². The molecular formula is C18H22N4O3. The molecule has 1 aliphatic rings. The molecule has 1 saturated carbocycles. The maximum Gasteiger partial charge on any atom is 0.359 e. The molecule has 132 valence electrons. The zero-order chi connectivity index (χ0) is 17.9. The van der Waals surface area contributed by atoms with Crippen molar-refractivity contribution in [3.63, 3.8) is 0 Å². The molecule has 0 bridgehead atoms. The topological polar surface area (TPSA) is 124 Å². The van der Waals surface area contributed by atoms with E-state index in [1.807, 2.05) is 24.3 Å². The summed E-state index contributed by atoms with van der Waals surface area (Å²) in [6, 6.07) is 7.56. The number of rotatable bonds is 5. The third-order valence-electron chi connectivity index (χ3n) is 4.65. The van der Waals surface area contributed by atoms with Gasteiger partial charge in [0, 0.05) is 18.3 Å². The number of benzene rings is 1. The number of H-pyrrole nitrogens is 1. The predicted octanol–water partition coefficient (Wildman–Crippen LogP) is 1.88. The maximum absolute atomic E-state index is 12.4. The zero-order valence-electron chi connectivity index (χ0n) is 14.0. The number of primary amides is 1. The number of hydrogen-bond donors (Lipinski definition) is 3. The van der Waals surface area contributed by atoms with Gasteiger partial charge in [-0.15, -0.1) is 0 Å². The van der Waals surface area contributed by atoms with E-state index in [-0.39, 0.29) is 5.69 Å². The number of nitrogens with two attached hydrogens (primary N) is 2. The van der Waals surface area contributed by atoms with E-state index in [0.717, 1.165) is 30.4 Å². The highest BCUT2D eigenvalue weighted by molar-refractivity contribution is 5.92. The molecule has 7 nitrogen and oxygen atoms in total. The molecule has 0 unspecified atom stereocenters. The Morgan fingerprint density at radius 2 is 1.84 bits per heavy atom. The van der Waals surface area contributed by atoms with Crippen molar-refractivity contribution in [2.45, 2.75) is 44.2 Å². The minimum absolute atomic E-state index is 0.129. The number of amides is 1. The Hall–Kier alpha value is -2.67. The number of aromatic nitrogens is 2. The standard InChI is InChI=1S/C18H22N4O3/c19-10-12-4-6-13(7-5-12)15-21-11-14(22-15)16(23)25-18(17(20)24)8-2-1-3-9-18/h4-7,11H,1-3,8-10,19H2,(H2,20,24)(H,21,22). The van der Waals surface area contributed by atoms with Crippen LogP contribution in [0.5, 0.6) is 0 Å². The summed E-state index contributed by atoms with van der Waals surface area (Å²) in [6.07, 6.45) is 5.05. The molecule has 0 aliphatic heterocycles. The summed E-state index contributed by atoms with van der Waals surface area (Å²) in [6.45, 7) is 0.464. The highest BCUT2D eigenvalue weighted by Gasteiger charge is 2.42. The zero-order valence-corrected chi connectivity index (χ0v) is 14.0. The first-order valence-electron chi connectivity index (χ1n) is 8.42. The van der Waals surface area contributed by atoms with E-state index < -0.39 is 17.5 Å². The Bertz CT molecular complexity index is 761. The molecule has 0 saturated heterocycles. The summed E-state index contributed by atoms with van der Waals surface area (Å²) in [5.41, 5.74) is 11.8. The van der Waals surface area contributed by atoms with Crippen LogP contribution in [0.25, 0.3) is 11.4 Å². The van der Waals surface area contributed by atoms with Crippen LogP contribution >= 0.6 is 0 Å². The second kappa shape index (κ2) is 7.06. The quantitative estimate of drug-likeness (QED) is 0.716. The number of aromatic amines is 1. The van der Waals surface area contributed by atoms with Crippen molar-refractivity contribution in [3.05, 3.63) is 41.7 Å². The first kappa shape index (κ1) is 17.2. The van der Waals surface area contributed by atoms with Crippen LogP contribution in [0.1, 0.15) is 48.2 Å². The summed E-state index contributed by atoms with van der Waals surface area (Å²) < 4.78 is 5.50. The summed E-state index contributed by atoms with van der Waals surface area (Å²) >= 11 is 0. The van der Waals surface area contributed by atoms with Gasteiger partial charge >= 0.3 is 5.97 Å². The van der Waals surface area contributed by atoms with Gasteiger partial charge in [-0.3, -0.25) is 4.79 Å². The van der Waals surface area contributed by atoms with Crippen molar-refractivity contribution in [2.75, 3.05) is 0 Å². The summed E-state index contributed by atoms with van der Waals surface area (Å²) in [4.78, 5) is 31.5. The molecule has 1 fully saturated rings. The van der Waals surface area contributed by atoms with Crippen molar-refractivity contribution in [2.24, 2.45) is 11.5 Å². The number of hydrogen-bond acceptors (Lipinski definition) is 5. The first-order valence-corrected chi connectivity index (χ1v) is 8.42. The summed E-state index contributed by atoms with van der Waals surface area (Å²) in [5, 5.41) is 0. The number of nitrogens with one attached hydrogen (secondary N) is 1. The van der Waals surface area contributed by atoms with Gasteiger partial charge in [0.1, 0.15) is 5.82 Å². The summed E-state index contributed by atoms with van der Waals surface area (Å²) in [7, 11) is 0. The van der Waals surface area contributed by atoms with E-state index in [1.54, 1.807) is 0 Å². The van der Waals surface area contributed by atoms with Crippen LogP contribution < -0.4 is 11.5 Å². The van der Waals surface area contributed by atoms with Gasteiger partial charge in [0.15, 0.2) is 11.3 Å². The van der Waals surface area contributed by atoms with Crippen molar-refractivity contribution < 1.29 is 14.3 Å². The molecule has 1 aromatic carbocycles. The number of carbonyl (C=O) groups excluding carboxylic acids is 2. The van der Waals surface area contributed by atoms with Crippen molar-refractivity contribution >= 4 is 11.9 Å². The van der Waals surface area contributed by atoms with Gasteiger partial charge in [-0.1, -0.05) is 30.7 Å². The number of esters is 1. The van der Waals surface area contributed by atoms with Crippen molar-refractivity contribution in [1.29, 1.82) is 0 Å². The van der Waals surface area contributed by atoms with Gasteiger partial charge in [0.05, 0.1) is 0 Å². The van der Waals surface area contributed by atoms with E-state index >= 15 is 0 Å². The fourth-order valence-electron chi connectivity index (χ4n) is 3.12. The van der Waals surface area contributed by atoms with Crippen LogP contribution in [0.3, 0.4) is 0 Å². The van der Waals surface area contributed by atoms with Crippen molar-refractivity contribution in [3.8, 4) is 11.4 Å². The van der Waals surface area contributed by atoms with Gasteiger partial charge in [0.2, 0.25) is 0 Å². The van der Waals surface area contributed by atoms with Crippen LogP contribution in [0.15, 0.2) is 30.5 Å². The Morgan fingerprint density at radius 3 is 2.44 bits per heavy atom. The van der Waals surface area contributed by atoms with Crippen LogP contribution in [-0.4, -0.2) is 27.4 Å². The lowest BCUT2D eigenvalue weighted by Gasteiger charge is -2.33. The fraction of sp³-hybridized carbons (Fsp3) is 0.389. The second-order valence-electron chi connectivity index (χ2n) is 6.34. The molecule has 0 radical (unpaired) electrons. The van der Waals surface area contributed by atoms with Gasteiger partial charge in [0.25, 0.3) is 5.91 Å². The molecule has 0 spiro atoms. The van der Waals surface area contributed by atoms with Gasteiger partial charge in [-0.2, -0.15) is 0 Å². The lowest BCUT2D eigenvalue weighted by molar-refractivity contribution is -0.140. The third kappa shape index (κ3) is 3.56. The minimum atomic E-state index is -1.21. The van der Waals surface area contributed by atoms with Crippen LogP contribution in [0.4, 0.5) is 0 Å². The molecule has 2 aromatic rings. The largest absolute Gasteiger partial charge is 0.444 e. The highest BCUT2D eigenvalue weighted by Crippen LogP contribution is 2.32. The average molecular weight is 342 g/mol. The number of ether oxygens (including phenoxy) is 1. The Morgan fingerprint density at radius 1 is 1.16 bits per heavy atom. The van der Waals surface area contributed by atoms with Crippen molar-refractivity contribution in [1.82, 2.24) is 9.97 Å². The first-order chi connectivity index (χ1) is 12.0. The molecule has 25 heavy (non-hydrogen) atoms. The van der Waals surface area contributed by atoms with Gasteiger partial charge in [-0.05, 0) is 31.2 Å². The molecular weight excluding hydrogens is 320 g/mol. The van der Waals surface area contributed by atoms with E-state index in [0.29, 0.717) is 25.2 Å². The number of carbonyl (C=O) groups is 2. The average Bonchev–Trinajstić information content (AvgIpc) is 3.13. The Labute approximate surface area is 145 Å². The molecule has 0 atom stereocenters. The molecule has 1 amide bonds. The minimum Gasteiger partial charge on any atom is -0.444 e. The SMILES string of the molecule is NCc1ccc(-c2nc(C(=O)OC3(C(N)=O)CCCCC3)c[nH]2)cc1. The number of nitrogens with zero attached hydrogens (tertiary/aromatic N) is 1. The van der Waals surface area contributed by atoms with E-state index in [9.17, 15) is 9.59 Å².